The predicted molar refractivity (Wildman–Crippen MR) is 103 cm³/mol. The first-order chi connectivity index (χ1) is 13.1. The fourth-order valence-corrected chi connectivity index (χ4v) is 3.64. The molecule has 27 heavy (non-hydrogen) atoms. The highest BCUT2D eigenvalue weighted by Gasteiger charge is 2.18. The molecule has 2 fully saturated rings. The zero-order chi connectivity index (χ0) is 19.1. The standard InChI is InChI=1S/C20H31N3O4/c1-26-18-5-4-16(13-23-10-6-20(25)21-7-11-23)19(12-18)27-15-17(24)14-22-8-2-3-9-22/h4-5,12,17,24H,2-3,6-11,13-15H2,1H3,(H,21,25). The Kier molecular flexibility index (Phi) is 7.32. The molecule has 7 heteroatoms. The Morgan fingerprint density at radius 1 is 1.19 bits per heavy atom. The molecular formula is C20H31N3O4. The first-order valence-electron chi connectivity index (χ1n) is 9.83. The molecule has 0 bridgehead atoms. The van der Waals surface area contributed by atoms with Crippen LogP contribution < -0.4 is 14.8 Å². The minimum Gasteiger partial charge on any atom is -0.497 e. The van der Waals surface area contributed by atoms with Crippen LogP contribution in [0.3, 0.4) is 0 Å². The van der Waals surface area contributed by atoms with Gasteiger partial charge >= 0.3 is 0 Å². The van der Waals surface area contributed by atoms with Gasteiger partial charge < -0.3 is 24.8 Å². The Morgan fingerprint density at radius 2 is 2.00 bits per heavy atom. The summed E-state index contributed by atoms with van der Waals surface area (Å²) < 4.78 is 11.3. The summed E-state index contributed by atoms with van der Waals surface area (Å²) in [5.74, 6) is 1.57. The van der Waals surface area contributed by atoms with Gasteiger partial charge in [-0.05, 0) is 32.0 Å². The number of hydrogen-bond donors (Lipinski definition) is 2. The number of methoxy groups -OCH3 is 1. The number of aliphatic hydroxyl groups excluding tert-OH is 1. The van der Waals surface area contributed by atoms with Crippen molar-refractivity contribution in [2.24, 2.45) is 0 Å². The highest BCUT2D eigenvalue weighted by Crippen LogP contribution is 2.26. The summed E-state index contributed by atoms with van der Waals surface area (Å²) in [5.41, 5.74) is 1.04. The van der Waals surface area contributed by atoms with E-state index >= 15 is 0 Å². The largest absolute Gasteiger partial charge is 0.497 e. The van der Waals surface area contributed by atoms with Gasteiger partial charge in [0.05, 0.1) is 7.11 Å². The van der Waals surface area contributed by atoms with Crippen molar-refractivity contribution < 1.29 is 19.4 Å². The average molecular weight is 377 g/mol. The van der Waals surface area contributed by atoms with Gasteiger partial charge in [0.1, 0.15) is 24.2 Å². The van der Waals surface area contributed by atoms with E-state index in [9.17, 15) is 9.90 Å². The third-order valence-corrected chi connectivity index (χ3v) is 5.17. The number of likely N-dealkylation sites (tertiary alicyclic amines) is 1. The van der Waals surface area contributed by atoms with Crippen LogP contribution in [0.5, 0.6) is 11.5 Å². The second-order valence-corrected chi connectivity index (χ2v) is 7.32. The quantitative estimate of drug-likeness (QED) is 0.700. The smallest absolute Gasteiger partial charge is 0.221 e. The normalized spacial score (nSPS) is 20.1. The number of carbonyl (C=O) groups is 1. The van der Waals surface area contributed by atoms with E-state index in [-0.39, 0.29) is 12.5 Å². The Morgan fingerprint density at radius 3 is 2.78 bits per heavy atom. The third kappa shape index (κ3) is 6.09. The van der Waals surface area contributed by atoms with E-state index in [4.69, 9.17) is 9.47 Å². The van der Waals surface area contributed by atoms with Crippen LogP contribution in [0.25, 0.3) is 0 Å². The summed E-state index contributed by atoms with van der Waals surface area (Å²) >= 11 is 0. The Bertz CT molecular complexity index is 619. The molecule has 0 saturated carbocycles. The molecule has 2 heterocycles. The lowest BCUT2D eigenvalue weighted by Crippen LogP contribution is -2.34. The van der Waals surface area contributed by atoms with Gasteiger partial charge in [-0.1, -0.05) is 6.07 Å². The molecule has 3 rings (SSSR count). The molecule has 1 amide bonds. The van der Waals surface area contributed by atoms with Crippen LogP contribution in [0, 0.1) is 0 Å². The molecule has 1 unspecified atom stereocenters. The Hall–Kier alpha value is -1.83. The van der Waals surface area contributed by atoms with Gasteiger partial charge in [0.15, 0.2) is 0 Å². The summed E-state index contributed by atoms with van der Waals surface area (Å²) in [6.07, 6.45) is 2.42. The Labute approximate surface area is 161 Å². The van der Waals surface area contributed by atoms with Crippen LogP contribution in [0.4, 0.5) is 0 Å². The van der Waals surface area contributed by atoms with Crippen molar-refractivity contribution in [1.29, 1.82) is 0 Å². The topological polar surface area (TPSA) is 74.3 Å². The van der Waals surface area contributed by atoms with Gasteiger partial charge in [0.2, 0.25) is 5.91 Å². The number of carbonyl (C=O) groups excluding carboxylic acids is 1. The van der Waals surface area contributed by atoms with Crippen LogP contribution in [0.15, 0.2) is 18.2 Å². The fraction of sp³-hybridized carbons (Fsp3) is 0.650. The van der Waals surface area contributed by atoms with Gasteiger partial charge in [-0.25, -0.2) is 0 Å². The fourth-order valence-electron chi connectivity index (χ4n) is 3.64. The molecule has 150 valence electrons. The SMILES string of the molecule is COc1ccc(CN2CCNC(=O)CC2)c(OCC(O)CN2CCCC2)c1. The van der Waals surface area contributed by atoms with E-state index in [1.165, 1.54) is 12.8 Å². The predicted octanol–water partition coefficient (Wildman–Crippen LogP) is 0.853. The average Bonchev–Trinajstić information content (AvgIpc) is 3.09. The number of hydrogen-bond acceptors (Lipinski definition) is 6. The number of aliphatic hydroxyl groups is 1. The number of ether oxygens (including phenoxy) is 2. The minimum absolute atomic E-state index is 0.105. The highest BCUT2D eigenvalue weighted by molar-refractivity contribution is 5.76. The zero-order valence-electron chi connectivity index (χ0n) is 16.2. The van der Waals surface area contributed by atoms with E-state index in [2.05, 4.69) is 15.1 Å². The van der Waals surface area contributed by atoms with E-state index in [1.807, 2.05) is 18.2 Å². The lowest BCUT2D eigenvalue weighted by molar-refractivity contribution is -0.120. The molecule has 2 aliphatic rings. The van der Waals surface area contributed by atoms with Crippen LogP contribution in [0.1, 0.15) is 24.8 Å². The molecule has 2 aliphatic heterocycles. The zero-order valence-corrected chi connectivity index (χ0v) is 16.2. The highest BCUT2D eigenvalue weighted by atomic mass is 16.5. The number of nitrogens with one attached hydrogen (secondary N) is 1. The molecule has 7 nitrogen and oxygen atoms in total. The summed E-state index contributed by atoms with van der Waals surface area (Å²) in [6, 6.07) is 5.80. The van der Waals surface area contributed by atoms with Crippen molar-refractivity contribution in [1.82, 2.24) is 15.1 Å². The van der Waals surface area contributed by atoms with Crippen molar-refractivity contribution in [3.05, 3.63) is 23.8 Å². The summed E-state index contributed by atoms with van der Waals surface area (Å²) in [5, 5.41) is 13.2. The molecule has 1 aromatic rings. The number of rotatable bonds is 8. The number of benzene rings is 1. The van der Waals surface area contributed by atoms with Crippen molar-refractivity contribution in [2.45, 2.75) is 31.9 Å². The molecule has 0 spiro atoms. The third-order valence-electron chi connectivity index (χ3n) is 5.17. The summed E-state index contributed by atoms with van der Waals surface area (Å²) in [6.45, 7) is 5.95. The minimum atomic E-state index is -0.512. The van der Waals surface area contributed by atoms with Gasteiger partial charge in [-0.15, -0.1) is 0 Å². The van der Waals surface area contributed by atoms with E-state index in [0.29, 0.717) is 26.1 Å². The molecule has 1 aromatic carbocycles. The number of nitrogens with zero attached hydrogens (tertiary/aromatic N) is 2. The van der Waals surface area contributed by atoms with Crippen molar-refractivity contribution in [3.8, 4) is 11.5 Å². The van der Waals surface area contributed by atoms with Gasteiger partial charge in [-0.3, -0.25) is 9.69 Å². The van der Waals surface area contributed by atoms with Gasteiger partial charge in [0.25, 0.3) is 0 Å². The van der Waals surface area contributed by atoms with E-state index < -0.39 is 6.10 Å². The second-order valence-electron chi connectivity index (χ2n) is 7.32. The van der Waals surface area contributed by atoms with Crippen LogP contribution >= 0.6 is 0 Å². The van der Waals surface area contributed by atoms with E-state index in [0.717, 1.165) is 43.2 Å². The summed E-state index contributed by atoms with van der Waals surface area (Å²) in [7, 11) is 1.63. The molecule has 2 N–H and O–H groups in total. The van der Waals surface area contributed by atoms with Crippen molar-refractivity contribution in [2.75, 3.05) is 53.0 Å². The van der Waals surface area contributed by atoms with Crippen LogP contribution in [0.2, 0.25) is 0 Å². The van der Waals surface area contributed by atoms with Crippen molar-refractivity contribution in [3.63, 3.8) is 0 Å². The molecule has 0 aromatic heterocycles. The number of amides is 1. The summed E-state index contributed by atoms with van der Waals surface area (Å²) in [4.78, 5) is 16.1. The Balaban J connectivity index is 1.60. The first-order valence-corrected chi connectivity index (χ1v) is 9.83. The van der Waals surface area contributed by atoms with Crippen LogP contribution in [-0.2, 0) is 11.3 Å². The lowest BCUT2D eigenvalue weighted by atomic mass is 10.1. The van der Waals surface area contributed by atoms with Gasteiger partial charge in [-0.2, -0.15) is 0 Å². The van der Waals surface area contributed by atoms with E-state index in [1.54, 1.807) is 7.11 Å². The number of β-amino-alcohol motifs (C(OH)–C–C–N with tert-alkyl or cyclic N) is 1. The lowest BCUT2D eigenvalue weighted by Gasteiger charge is -2.23. The van der Waals surface area contributed by atoms with Crippen molar-refractivity contribution >= 4 is 5.91 Å². The van der Waals surface area contributed by atoms with Gasteiger partial charge in [0, 0.05) is 50.8 Å². The molecule has 1 atom stereocenters. The maximum absolute atomic E-state index is 11.5. The molecule has 2 saturated heterocycles. The molecule has 0 aliphatic carbocycles. The van der Waals surface area contributed by atoms with Crippen LogP contribution in [-0.4, -0.2) is 79.9 Å². The maximum atomic E-state index is 11.5. The maximum Gasteiger partial charge on any atom is 0.221 e. The monoisotopic (exact) mass is 377 g/mol. The first kappa shape index (κ1) is 19.9. The second kappa shape index (κ2) is 9.92. The molecule has 0 radical (unpaired) electrons. The molecular weight excluding hydrogens is 346 g/mol.